The molecular formula is C10H16N2O2. The molecule has 0 aromatic rings. The van der Waals surface area contributed by atoms with Crippen LogP contribution in [0.3, 0.4) is 0 Å². The lowest BCUT2D eigenvalue weighted by atomic mass is 10.0. The van der Waals surface area contributed by atoms with Crippen molar-refractivity contribution in [3.63, 3.8) is 0 Å². The largest absolute Gasteiger partial charge is 0.351 e. The van der Waals surface area contributed by atoms with Crippen molar-refractivity contribution in [2.45, 2.75) is 26.3 Å². The SMILES string of the molecule is C/C=C/CNC(=O)C1CCN1C(C)=O. The van der Waals surface area contributed by atoms with E-state index in [0.29, 0.717) is 13.1 Å². The Morgan fingerprint density at radius 2 is 2.29 bits per heavy atom. The lowest BCUT2D eigenvalue weighted by Gasteiger charge is -2.38. The Kier molecular flexibility index (Phi) is 3.68. The van der Waals surface area contributed by atoms with Gasteiger partial charge in [0.1, 0.15) is 6.04 Å². The van der Waals surface area contributed by atoms with Crippen LogP contribution < -0.4 is 5.32 Å². The van der Waals surface area contributed by atoms with E-state index in [2.05, 4.69) is 5.32 Å². The third-order valence-electron chi connectivity index (χ3n) is 2.36. The number of rotatable bonds is 3. The molecule has 0 aromatic carbocycles. The smallest absolute Gasteiger partial charge is 0.243 e. The molecule has 1 rings (SSSR count). The topological polar surface area (TPSA) is 49.4 Å². The van der Waals surface area contributed by atoms with Crippen LogP contribution >= 0.6 is 0 Å². The van der Waals surface area contributed by atoms with E-state index in [9.17, 15) is 9.59 Å². The summed E-state index contributed by atoms with van der Waals surface area (Å²) in [5.41, 5.74) is 0. The van der Waals surface area contributed by atoms with Gasteiger partial charge < -0.3 is 10.2 Å². The van der Waals surface area contributed by atoms with Crippen molar-refractivity contribution in [2.75, 3.05) is 13.1 Å². The highest BCUT2D eigenvalue weighted by Gasteiger charge is 2.35. The number of carbonyl (C=O) groups is 2. The maximum atomic E-state index is 11.5. The van der Waals surface area contributed by atoms with E-state index < -0.39 is 0 Å². The maximum Gasteiger partial charge on any atom is 0.243 e. The molecule has 78 valence electrons. The molecular weight excluding hydrogens is 180 g/mol. The molecule has 1 fully saturated rings. The van der Waals surface area contributed by atoms with E-state index in [4.69, 9.17) is 0 Å². The minimum Gasteiger partial charge on any atom is -0.351 e. The van der Waals surface area contributed by atoms with Gasteiger partial charge in [-0.2, -0.15) is 0 Å². The molecule has 14 heavy (non-hydrogen) atoms. The zero-order valence-electron chi connectivity index (χ0n) is 8.62. The summed E-state index contributed by atoms with van der Waals surface area (Å²) in [6.07, 6.45) is 4.53. The summed E-state index contributed by atoms with van der Waals surface area (Å²) in [5.74, 6) is -0.0769. The molecule has 4 heteroatoms. The van der Waals surface area contributed by atoms with Crippen LogP contribution in [0.25, 0.3) is 0 Å². The number of amides is 2. The fourth-order valence-electron chi connectivity index (χ4n) is 1.43. The monoisotopic (exact) mass is 196 g/mol. The zero-order chi connectivity index (χ0) is 10.6. The molecule has 0 bridgehead atoms. The Bertz CT molecular complexity index is 261. The number of likely N-dealkylation sites (tertiary alicyclic amines) is 1. The molecule has 1 heterocycles. The van der Waals surface area contributed by atoms with Crippen molar-refractivity contribution in [1.29, 1.82) is 0 Å². The Balaban J connectivity index is 2.34. The Morgan fingerprint density at radius 1 is 1.57 bits per heavy atom. The lowest BCUT2D eigenvalue weighted by Crippen LogP contribution is -2.57. The summed E-state index contributed by atoms with van der Waals surface area (Å²) in [5, 5.41) is 2.75. The van der Waals surface area contributed by atoms with Crippen LogP contribution in [0.5, 0.6) is 0 Å². The molecule has 0 aliphatic carbocycles. The third kappa shape index (κ3) is 2.34. The molecule has 0 spiro atoms. The summed E-state index contributed by atoms with van der Waals surface area (Å²) in [6, 6.07) is -0.238. The number of nitrogens with one attached hydrogen (secondary N) is 1. The fraction of sp³-hybridized carbons (Fsp3) is 0.600. The first-order valence-electron chi connectivity index (χ1n) is 4.83. The summed E-state index contributed by atoms with van der Waals surface area (Å²) in [7, 11) is 0. The minimum absolute atomic E-state index is 0.0255. The van der Waals surface area contributed by atoms with E-state index >= 15 is 0 Å². The van der Waals surface area contributed by atoms with E-state index in [1.54, 1.807) is 4.90 Å². The first kappa shape index (κ1) is 10.8. The second-order valence-corrected chi connectivity index (χ2v) is 3.33. The van der Waals surface area contributed by atoms with Crippen molar-refractivity contribution in [3.05, 3.63) is 12.2 Å². The number of allylic oxidation sites excluding steroid dienone is 1. The molecule has 1 aliphatic heterocycles. The zero-order valence-corrected chi connectivity index (χ0v) is 8.62. The van der Waals surface area contributed by atoms with Crippen molar-refractivity contribution in [3.8, 4) is 0 Å². The maximum absolute atomic E-state index is 11.5. The first-order chi connectivity index (χ1) is 6.66. The van der Waals surface area contributed by atoms with Gasteiger partial charge in [0.15, 0.2) is 0 Å². The molecule has 0 radical (unpaired) electrons. The van der Waals surface area contributed by atoms with Crippen LogP contribution in [-0.4, -0.2) is 35.8 Å². The van der Waals surface area contributed by atoms with Gasteiger partial charge in [0.05, 0.1) is 0 Å². The van der Waals surface area contributed by atoms with E-state index in [1.165, 1.54) is 6.92 Å². The predicted molar refractivity (Wildman–Crippen MR) is 53.6 cm³/mol. The van der Waals surface area contributed by atoms with Crippen molar-refractivity contribution in [2.24, 2.45) is 0 Å². The summed E-state index contributed by atoms with van der Waals surface area (Å²) in [4.78, 5) is 24.1. The second-order valence-electron chi connectivity index (χ2n) is 3.33. The molecule has 2 amide bonds. The molecule has 0 aromatic heterocycles. The van der Waals surface area contributed by atoms with E-state index in [-0.39, 0.29) is 17.9 Å². The average Bonchev–Trinajstić information content (AvgIpc) is 2.01. The average molecular weight is 196 g/mol. The third-order valence-corrected chi connectivity index (χ3v) is 2.36. The molecule has 4 nitrogen and oxygen atoms in total. The molecule has 0 saturated carbocycles. The fourth-order valence-corrected chi connectivity index (χ4v) is 1.43. The lowest BCUT2D eigenvalue weighted by molar-refractivity contribution is -0.145. The van der Waals surface area contributed by atoms with Crippen LogP contribution in [0.4, 0.5) is 0 Å². The van der Waals surface area contributed by atoms with Gasteiger partial charge in [-0.1, -0.05) is 12.2 Å². The molecule has 1 saturated heterocycles. The van der Waals surface area contributed by atoms with Crippen LogP contribution in [0.1, 0.15) is 20.3 Å². The number of carbonyl (C=O) groups excluding carboxylic acids is 2. The van der Waals surface area contributed by atoms with E-state index in [0.717, 1.165) is 6.42 Å². The summed E-state index contributed by atoms with van der Waals surface area (Å²) >= 11 is 0. The van der Waals surface area contributed by atoms with Gasteiger partial charge >= 0.3 is 0 Å². The van der Waals surface area contributed by atoms with Gasteiger partial charge in [0, 0.05) is 20.0 Å². The number of nitrogens with zero attached hydrogens (tertiary/aromatic N) is 1. The standard InChI is InChI=1S/C10H16N2O2/c1-3-4-6-11-10(14)9-5-7-12(9)8(2)13/h3-4,9H,5-7H2,1-2H3,(H,11,14)/b4-3+. The minimum atomic E-state index is -0.238. The van der Waals surface area contributed by atoms with Crippen LogP contribution in [0.2, 0.25) is 0 Å². The van der Waals surface area contributed by atoms with Gasteiger partial charge in [-0.3, -0.25) is 9.59 Å². The van der Waals surface area contributed by atoms with Crippen molar-refractivity contribution in [1.82, 2.24) is 10.2 Å². The van der Waals surface area contributed by atoms with Gasteiger partial charge in [-0.05, 0) is 13.3 Å². The highest BCUT2D eigenvalue weighted by Crippen LogP contribution is 2.16. The van der Waals surface area contributed by atoms with Crippen molar-refractivity contribution >= 4 is 11.8 Å². The summed E-state index contributed by atoms with van der Waals surface area (Å²) < 4.78 is 0. The second kappa shape index (κ2) is 4.79. The highest BCUT2D eigenvalue weighted by molar-refractivity contribution is 5.88. The Morgan fingerprint density at radius 3 is 2.71 bits per heavy atom. The molecule has 1 unspecified atom stereocenters. The van der Waals surface area contributed by atoms with E-state index in [1.807, 2.05) is 19.1 Å². The predicted octanol–water partition coefficient (Wildman–Crippen LogP) is 0.299. The van der Waals surface area contributed by atoms with Crippen LogP contribution in [-0.2, 0) is 9.59 Å². The van der Waals surface area contributed by atoms with Crippen LogP contribution in [0.15, 0.2) is 12.2 Å². The molecule has 1 N–H and O–H groups in total. The normalized spacial score (nSPS) is 20.7. The van der Waals surface area contributed by atoms with Gasteiger partial charge in [-0.15, -0.1) is 0 Å². The number of hydrogen-bond donors (Lipinski definition) is 1. The quantitative estimate of drug-likeness (QED) is 0.660. The van der Waals surface area contributed by atoms with Gasteiger partial charge in [0.2, 0.25) is 11.8 Å². The highest BCUT2D eigenvalue weighted by atomic mass is 16.2. The van der Waals surface area contributed by atoms with Crippen LogP contribution in [0, 0.1) is 0 Å². The molecule has 1 atom stereocenters. The van der Waals surface area contributed by atoms with Gasteiger partial charge in [-0.25, -0.2) is 0 Å². The van der Waals surface area contributed by atoms with Crippen molar-refractivity contribution < 1.29 is 9.59 Å². The summed E-state index contributed by atoms with van der Waals surface area (Å²) in [6.45, 7) is 4.64. The Hall–Kier alpha value is -1.32. The Labute approximate surface area is 84.0 Å². The first-order valence-corrected chi connectivity index (χ1v) is 4.83. The number of hydrogen-bond acceptors (Lipinski definition) is 2. The molecule has 1 aliphatic rings. The van der Waals surface area contributed by atoms with Gasteiger partial charge in [0.25, 0.3) is 0 Å².